The molecular weight excluding hydrogens is 352 g/mol. The Morgan fingerprint density at radius 1 is 0.759 bits per heavy atom. The van der Waals surface area contributed by atoms with Gasteiger partial charge in [-0.25, -0.2) is 0 Å². The van der Waals surface area contributed by atoms with Gasteiger partial charge in [0.15, 0.2) is 5.78 Å². The summed E-state index contributed by atoms with van der Waals surface area (Å²) in [6, 6.07) is 19.6. The van der Waals surface area contributed by atoms with Crippen LogP contribution in [0.1, 0.15) is 46.1 Å². The van der Waals surface area contributed by atoms with Gasteiger partial charge >= 0.3 is 0 Å². The average Bonchev–Trinajstić information content (AvgIpc) is 3.39. The molecule has 0 spiro atoms. The molecule has 0 N–H and O–H groups in total. The zero-order valence-electron chi connectivity index (χ0n) is 16.1. The van der Waals surface area contributed by atoms with Crippen molar-refractivity contribution in [1.29, 1.82) is 0 Å². The van der Waals surface area contributed by atoms with Crippen molar-refractivity contribution < 1.29 is 4.79 Å². The minimum absolute atomic E-state index is 0.107. The highest BCUT2D eigenvalue weighted by Gasteiger charge is 2.45. The first-order chi connectivity index (χ1) is 14.3. The molecule has 0 aromatic heterocycles. The Labute approximate surface area is 170 Å². The summed E-state index contributed by atoms with van der Waals surface area (Å²) in [4.78, 5) is 14.2. The van der Waals surface area contributed by atoms with E-state index >= 15 is 0 Å². The van der Waals surface area contributed by atoms with Crippen LogP contribution in [-0.2, 0) is 17.6 Å². The van der Waals surface area contributed by atoms with Crippen molar-refractivity contribution in [2.75, 3.05) is 0 Å². The number of fused-ring (bicyclic) bond motifs is 3. The van der Waals surface area contributed by atoms with Gasteiger partial charge in [0.1, 0.15) is 0 Å². The molecule has 29 heavy (non-hydrogen) atoms. The van der Waals surface area contributed by atoms with Gasteiger partial charge in [-0.2, -0.15) is 0 Å². The van der Waals surface area contributed by atoms with Crippen LogP contribution in [0.15, 0.2) is 84.0 Å². The number of allylic oxidation sites excluding steroid dienone is 6. The van der Waals surface area contributed by atoms with Gasteiger partial charge in [-0.1, -0.05) is 72.8 Å². The SMILES string of the molecule is O=C1C(C2=CCc3ccccc32)c2cccc3ccc4c(c23)C1C1=CCC=C1C4. The van der Waals surface area contributed by atoms with E-state index in [1.807, 2.05) is 0 Å². The lowest BCUT2D eigenvalue weighted by molar-refractivity contribution is -0.120. The number of carbonyl (C=O) groups excluding carboxylic acids is 1. The van der Waals surface area contributed by atoms with Crippen LogP contribution in [-0.4, -0.2) is 5.78 Å². The average molecular weight is 372 g/mol. The van der Waals surface area contributed by atoms with E-state index in [9.17, 15) is 4.79 Å². The van der Waals surface area contributed by atoms with Crippen LogP contribution in [0.2, 0.25) is 0 Å². The molecule has 0 fully saturated rings. The fourth-order valence-electron chi connectivity index (χ4n) is 6.14. The molecule has 3 aromatic carbocycles. The highest BCUT2D eigenvalue weighted by molar-refractivity contribution is 6.14. The summed E-state index contributed by atoms with van der Waals surface area (Å²) in [7, 11) is 0. The summed E-state index contributed by atoms with van der Waals surface area (Å²) >= 11 is 0. The predicted octanol–water partition coefficient (Wildman–Crippen LogP) is 6.04. The van der Waals surface area contributed by atoms with Gasteiger partial charge in [-0.3, -0.25) is 4.79 Å². The molecule has 2 atom stereocenters. The van der Waals surface area contributed by atoms with Gasteiger partial charge in [0.25, 0.3) is 0 Å². The first-order valence-electron chi connectivity index (χ1n) is 10.6. The summed E-state index contributed by atoms with van der Waals surface area (Å²) in [5.41, 5.74) is 10.3. The number of hydrogen-bond donors (Lipinski definition) is 0. The van der Waals surface area contributed by atoms with E-state index in [4.69, 9.17) is 0 Å². The third kappa shape index (κ3) is 1.93. The van der Waals surface area contributed by atoms with Crippen LogP contribution < -0.4 is 0 Å². The maximum absolute atomic E-state index is 14.2. The van der Waals surface area contributed by atoms with Crippen LogP contribution in [0.5, 0.6) is 0 Å². The quantitative estimate of drug-likeness (QED) is 0.509. The zero-order chi connectivity index (χ0) is 19.1. The lowest BCUT2D eigenvalue weighted by Crippen LogP contribution is -2.31. The molecule has 2 unspecified atom stereocenters. The number of Topliss-reactive ketones (excluding diaryl/α,β-unsaturated/α-hetero) is 1. The standard InChI is InChI=1S/C28H20O/c29-28-26(22-14-13-16-5-1-2-8-20(16)22)23-10-3-6-17-11-12-19-15-18-7-4-9-21(18)27(28)25(19)24(17)23/h1-3,5-12,14,26-27H,4,13,15H2. The molecule has 1 heteroatoms. The number of benzene rings is 3. The van der Waals surface area contributed by atoms with Crippen molar-refractivity contribution in [3.63, 3.8) is 0 Å². The topological polar surface area (TPSA) is 17.1 Å². The van der Waals surface area contributed by atoms with Crippen LogP contribution in [0.25, 0.3) is 16.3 Å². The fraction of sp³-hybridized carbons (Fsp3) is 0.179. The lowest BCUT2D eigenvalue weighted by Gasteiger charge is -2.37. The Kier molecular flexibility index (Phi) is 2.95. The lowest BCUT2D eigenvalue weighted by atomic mass is 9.64. The van der Waals surface area contributed by atoms with Gasteiger partial charge in [-0.15, -0.1) is 0 Å². The molecule has 3 aromatic rings. The van der Waals surface area contributed by atoms with Gasteiger partial charge < -0.3 is 0 Å². The second-order valence-corrected chi connectivity index (χ2v) is 8.67. The Balaban J connectivity index is 1.56. The molecule has 0 saturated heterocycles. The third-order valence-corrected chi connectivity index (χ3v) is 7.32. The van der Waals surface area contributed by atoms with Crippen LogP contribution in [0, 0.1) is 0 Å². The van der Waals surface area contributed by atoms with E-state index in [1.165, 1.54) is 55.3 Å². The molecule has 0 saturated carbocycles. The van der Waals surface area contributed by atoms with Crippen molar-refractivity contribution in [3.8, 4) is 0 Å². The van der Waals surface area contributed by atoms with Gasteiger partial charge in [0, 0.05) is 0 Å². The molecule has 4 aliphatic rings. The van der Waals surface area contributed by atoms with Gasteiger partial charge in [-0.05, 0) is 74.6 Å². The van der Waals surface area contributed by atoms with Crippen molar-refractivity contribution in [2.24, 2.45) is 0 Å². The molecule has 0 bridgehead atoms. The highest BCUT2D eigenvalue weighted by atomic mass is 16.1. The fourth-order valence-corrected chi connectivity index (χ4v) is 6.14. The number of carbonyl (C=O) groups is 1. The summed E-state index contributed by atoms with van der Waals surface area (Å²) < 4.78 is 0. The predicted molar refractivity (Wildman–Crippen MR) is 117 cm³/mol. The monoisotopic (exact) mass is 372 g/mol. The van der Waals surface area contributed by atoms with Crippen molar-refractivity contribution in [3.05, 3.63) is 112 Å². The number of ketones is 1. The Morgan fingerprint density at radius 2 is 1.69 bits per heavy atom. The Hall–Kier alpha value is -3.19. The molecule has 0 aliphatic heterocycles. The second kappa shape index (κ2) is 5.45. The maximum atomic E-state index is 14.2. The summed E-state index contributed by atoms with van der Waals surface area (Å²) in [5.74, 6) is 0.0832. The molecule has 0 heterocycles. The van der Waals surface area contributed by atoms with Gasteiger partial charge in [0.2, 0.25) is 0 Å². The van der Waals surface area contributed by atoms with Crippen molar-refractivity contribution in [1.82, 2.24) is 0 Å². The zero-order valence-corrected chi connectivity index (χ0v) is 16.1. The Bertz CT molecular complexity index is 1350. The molecule has 7 rings (SSSR count). The van der Waals surface area contributed by atoms with E-state index in [2.05, 4.69) is 72.8 Å². The molecule has 138 valence electrons. The highest BCUT2D eigenvalue weighted by Crippen LogP contribution is 2.54. The minimum atomic E-state index is -0.170. The van der Waals surface area contributed by atoms with E-state index in [-0.39, 0.29) is 11.8 Å². The van der Waals surface area contributed by atoms with Crippen LogP contribution in [0.4, 0.5) is 0 Å². The van der Waals surface area contributed by atoms with E-state index in [1.54, 1.807) is 0 Å². The Morgan fingerprint density at radius 3 is 2.66 bits per heavy atom. The van der Waals surface area contributed by atoms with E-state index in [0.717, 1.165) is 19.3 Å². The third-order valence-electron chi connectivity index (χ3n) is 7.32. The van der Waals surface area contributed by atoms with Crippen LogP contribution in [0.3, 0.4) is 0 Å². The summed E-state index contributed by atoms with van der Waals surface area (Å²) in [5, 5.41) is 2.60. The minimum Gasteiger partial charge on any atom is -0.298 e. The summed E-state index contributed by atoms with van der Waals surface area (Å²) in [6.07, 6.45) is 9.76. The van der Waals surface area contributed by atoms with Crippen molar-refractivity contribution >= 4 is 22.1 Å². The second-order valence-electron chi connectivity index (χ2n) is 8.67. The maximum Gasteiger partial charge on any atom is 0.156 e. The number of rotatable bonds is 1. The van der Waals surface area contributed by atoms with E-state index < -0.39 is 0 Å². The first kappa shape index (κ1) is 15.7. The molecule has 1 nitrogen and oxygen atoms in total. The molecular formula is C28H20O. The largest absolute Gasteiger partial charge is 0.298 e. The molecule has 0 radical (unpaired) electrons. The summed E-state index contributed by atoms with van der Waals surface area (Å²) in [6.45, 7) is 0. The molecule has 0 amide bonds. The van der Waals surface area contributed by atoms with Crippen molar-refractivity contribution in [2.45, 2.75) is 31.1 Å². The first-order valence-corrected chi connectivity index (χ1v) is 10.6. The van der Waals surface area contributed by atoms with Crippen LogP contribution >= 0.6 is 0 Å². The van der Waals surface area contributed by atoms with E-state index in [0.29, 0.717) is 5.78 Å². The normalized spacial score (nSPS) is 23.4. The molecule has 4 aliphatic carbocycles. The number of hydrogen-bond acceptors (Lipinski definition) is 1. The smallest absolute Gasteiger partial charge is 0.156 e. The van der Waals surface area contributed by atoms with Gasteiger partial charge in [0.05, 0.1) is 11.8 Å².